The van der Waals surface area contributed by atoms with Crippen LogP contribution in [0.2, 0.25) is 11.4 Å². The van der Waals surface area contributed by atoms with Gasteiger partial charge in [-0.25, -0.2) is 0 Å². The van der Waals surface area contributed by atoms with E-state index in [0.717, 1.165) is 0 Å². The SMILES string of the molecule is NB1[B][B][B][B][B][B][B][B]C2[B]C12. The fraction of sp³-hybridized carbons (Fsp3) is 1.00. The van der Waals surface area contributed by atoms with Gasteiger partial charge in [0.1, 0.15) is 0 Å². The maximum Gasteiger partial charge on any atom is 0.156 e. The van der Waals surface area contributed by atoms with Crippen LogP contribution in [0.1, 0.15) is 0 Å². The monoisotopic (exact) mass is 152 g/mol. The van der Waals surface area contributed by atoms with Gasteiger partial charge in [0.2, 0.25) is 0 Å². The Labute approximate surface area is 88.0 Å². The van der Waals surface area contributed by atoms with Crippen LogP contribution in [0.25, 0.3) is 0 Å². The first kappa shape index (κ1) is 10.1. The highest BCUT2D eigenvalue weighted by Gasteiger charge is 2.42. The van der Waals surface area contributed by atoms with Crippen molar-refractivity contribution in [2.75, 3.05) is 0 Å². The van der Waals surface area contributed by atoms with Gasteiger partial charge in [0, 0.05) is 56.6 Å². The Morgan fingerprint density at radius 2 is 1.62 bits per heavy atom. The van der Waals surface area contributed by atoms with Crippen molar-refractivity contribution in [3.05, 3.63) is 0 Å². The average molecular weight is 150 g/mol. The van der Waals surface area contributed by atoms with Crippen molar-refractivity contribution < 1.29 is 0 Å². The zero-order valence-electron chi connectivity index (χ0n) is 7.51. The lowest BCUT2D eigenvalue weighted by Crippen LogP contribution is -2.41. The van der Waals surface area contributed by atoms with E-state index in [1.165, 1.54) is 0 Å². The first-order valence-electron chi connectivity index (χ1n) is 4.67. The zero-order valence-corrected chi connectivity index (χ0v) is 7.51. The highest BCUT2D eigenvalue weighted by molar-refractivity contribution is 7.69. The molecule has 2 heterocycles. The molecule has 2 aliphatic rings. The quantitative estimate of drug-likeness (QED) is 0.353. The summed E-state index contributed by atoms with van der Waals surface area (Å²) in [6.45, 7) is 0.178. The molecular weight excluding hydrogens is 146 g/mol. The molecule has 1 nitrogen and oxygen atoms in total. The van der Waals surface area contributed by atoms with E-state index in [0.29, 0.717) is 11.4 Å². The van der Waals surface area contributed by atoms with Gasteiger partial charge in [0.05, 0.1) is 7.28 Å². The fourth-order valence-corrected chi connectivity index (χ4v) is 1.54. The number of hydrogen-bond acceptors (Lipinski definition) is 1. The molecule has 0 aliphatic carbocycles. The summed E-state index contributed by atoms with van der Waals surface area (Å²) >= 11 is 0. The topological polar surface area (TPSA) is 26.0 Å². The maximum atomic E-state index is 5.95. The van der Waals surface area contributed by atoms with Crippen molar-refractivity contribution in [1.82, 2.24) is 0 Å². The first-order valence-corrected chi connectivity index (χ1v) is 4.67. The highest BCUT2D eigenvalue weighted by Crippen LogP contribution is 2.40. The molecule has 2 atom stereocenters. The third-order valence-electron chi connectivity index (χ3n) is 2.41. The van der Waals surface area contributed by atoms with Crippen LogP contribution < -0.4 is 5.64 Å². The van der Waals surface area contributed by atoms with Gasteiger partial charge in [-0.15, -0.1) is 5.72 Å². The minimum Gasteiger partial charge on any atom is -0.377 e. The molecule has 2 unspecified atom stereocenters. The summed E-state index contributed by atoms with van der Waals surface area (Å²) in [4.78, 5) is 0. The van der Waals surface area contributed by atoms with Crippen LogP contribution >= 0.6 is 0 Å². The van der Waals surface area contributed by atoms with Crippen LogP contribution in [0, 0.1) is 0 Å². The van der Waals surface area contributed by atoms with E-state index in [1.54, 1.807) is 0 Å². The summed E-state index contributed by atoms with van der Waals surface area (Å²) in [5.41, 5.74) is 7.09. The molecule has 2 fully saturated rings. The summed E-state index contributed by atoms with van der Waals surface area (Å²) in [7, 11) is 18.7. The minimum absolute atomic E-state index is 0.178. The molecule has 2 rings (SSSR count). The van der Waals surface area contributed by atoms with Gasteiger partial charge in [-0.2, -0.15) is 0 Å². The zero-order chi connectivity index (χ0) is 9.10. The summed E-state index contributed by atoms with van der Waals surface area (Å²) in [6, 6.07) is 0. The van der Waals surface area contributed by atoms with Crippen molar-refractivity contribution in [3.8, 4) is 0 Å². The van der Waals surface area contributed by atoms with Gasteiger partial charge >= 0.3 is 0 Å². The number of hydrogen-bond donors (Lipinski definition) is 1. The Bertz CT molecular complexity index is 163. The third-order valence-corrected chi connectivity index (χ3v) is 2.41. The standard InChI is InChI=1S/C2H4B10N/c13-12-2-1(3-2)4-5-6-7-8-9-10-11-12/h1-2H,13H2. The first-order chi connectivity index (χ1) is 6.38. The molecule has 0 saturated carbocycles. The highest BCUT2D eigenvalue weighted by atomic mass is 14.4. The van der Waals surface area contributed by atoms with E-state index in [4.69, 9.17) is 5.64 Å². The third kappa shape index (κ3) is 3.04. The summed E-state index contributed by atoms with van der Waals surface area (Å²) in [6.07, 6.45) is 0. The van der Waals surface area contributed by atoms with Crippen molar-refractivity contribution in [2.24, 2.45) is 5.64 Å². The molecule has 2 aliphatic heterocycles. The number of rotatable bonds is 0. The minimum atomic E-state index is 0.178. The summed E-state index contributed by atoms with van der Waals surface area (Å²) in [5.74, 6) is 0. The molecule has 13 heavy (non-hydrogen) atoms. The normalized spacial score (nSPS) is 30.7. The fourth-order valence-electron chi connectivity index (χ4n) is 1.54. The average Bonchev–Trinajstić information content (AvgIpc) is 2.87. The van der Waals surface area contributed by atoms with Crippen LogP contribution in [0.4, 0.5) is 0 Å². The van der Waals surface area contributed by atoms with E-state index < -0.39 is 0 Å². The van der Waals surface area contributed by atoms with Crippen LogP contribution in [-0.4, -0.2) is 70.6 Å². The van der Waals surface area contributed by atoms with Crippen molar-refractivity contribution >= 4 is 70.6 Å². The number of fused-ring (bicyclic) bond motifs is 1. The molecule has 11 heteroatoms. The maximum absolute atomic E-state index is 5.95. The lowest BCUT2D eigenvalue weighted by molar-refractivity contribution is 1.40. The van der Waals surface area contributed by atoms with Crippen molar-refractivity contribution in [1.29, 1.82) is 0 Å². The predicted molar refractivity (Wildman–Crippen MR) is 69.2 cm³/mol. The van der Waals surface area contributed by atoms with Gasteiger partial charge in [-0.3, -0.25) is 0 Å². The van der Waals surface area contributed by atoms with Gasteiger partial charge in [0.25, 0.3) is 0 Å². The molecule has 0 amide bonds. The largest absolute Gasteiger partial charge is 0.377 e. The van der Waals surface area contributed by atoms with Crippen molar-refractivity contribution in [2.45, 2.75) is 11.4 Å². The Morgan fingerprint density at radius 3 is 2.46 bits per heavy atom. The Hall–Kier alpha value is 0.609. The van der Waals surface area contributed by atoms with Crippen LogP contribution in [-0.2, 0) is 0 Å². The molecule has 0 bridgehead atoms. The van der Waals surface area contributed by atoms with Gasteiger partial charge < -0.3 is 5.64 Å². The van der Waals surface area contributed by atoms with Crippen LogP contribution in [0.3, 0.4) is 0 Å². The molecule has 0 spiro atoms. The predicted octanol–water partition coefficient (Wildman–Crippen LogP) is -3.72. The summed E-state index contributed by atoms with van der Waals surface area (Å²) < 4.78 is 0. The Balaban J connectivity index is 1.78. The molecule has 47 valence electrons. The second-order valence-electron chi connectivity index (χ2n) is 3.46. The Morgan fingerprint density at radius 1 is 0.923 bits per heavy atom. The smallest absolute Gasteiger partial charge is 0.156 e. The van der Waals surface area contributed by atoms with E-state index in [-0.39, 0.29) is 6.74 Å². The molecule has 0 aromatic heterocycles. The van der Waals surface area contributed by atoms with Gasteiger partial charge in [0.15, 0.2) is 6.74 Å². The molecular formula is C2H4B10N. The van der Waals surface area contributed by atoms with E-state index in [1.807, 2.05) is 35.3 Å². The molecule has 2 N–H and O–H groups in total. The summed E-state index contributed by atoms with van der Waals surface area (Å²) in [5, 5.41) is 0. The van der Waals surface area contributed by atoms with Crippen LogP contribution in [0.5, 0.6) is 0 Å². The van der Waals surface area contributed by atoms with E-state index >= 15 is 0 Å². The molecule has 0 aromatic carbocycles. The van der Waals surface area contributed by atoms with Gasteiger partial charge in [-0.05, 0) is 0 Å². The number of nitrogens with two attached hydrogens (primary N) is 1. The second-order valence-corrected chi connectivity index (χ2v) is 3.46. The second kappa shape index (κ2) is 4.91. The lowest BCUT2D eigenvalue weighted by atomic mass is 8.89. The van der Waals surface area contributed by atoms with E-state index in [9.17, 15) is 0 Å². The van der Waals surface area contributed by atoms with Crippen LogP contribution in [0.15, 0.2) is 0 Å². The van der Waals surface area contributed by atoms with Crippen molar-refractivity contribution in [3.63, 3.8) is 0 Å². The molecule has 2 saturated heterocycles. The lowest BCUT2D eigenvalue weighted by Gasteiger charge is -2.05. The molecule has 0 aromatic rings. The van der Waals surface area contributed by atoms with Gasteiger partial charge in [-0.1, -0.05) is 5.72 Å². The Kier molecular flexibility index (Phi) is 3.83. The molecule has 9 radical (unpaired) electrons. The van der Waals surface area contributed by atoms with E-state index in [2.05, 4.69) is 28.6 Å².